The lowest BCUT2D eigenvalue weighted by Gasteiger charge is -2.18. The van der Waals surface area contributed by atoms with Crippen LogP contribution in [0.2, 0.25) is 0 Å². The first kappa shape index (κ1) is 25.3. The van der Waals surface area contributed by atoms with Crippen molar-refractivity contribution in [1.82, 2.24) is 15.5 Å². The number of aryl methyl sites for hydroxylation is 1. The third kappa shape index (κ3) is 6.61. The molecule has 1 unspecified atom stereocenters. The van der Waals surface area contributed by atoms with Gasteiger partial charge in [0.1, 0.15) is 6.04 Å². The Labute approximate surface area is 198 Å². The first-order valence-corrected chi connectivity index (χ1v) is 12.0. The molecule has 0 saturated carbocycles. The molecular weight excluding hydrogens is 460 g/mol. The number of carbonyl (C=O) groups is 2. The summed E-state index contributed by atoms with van der Waals surface area (Å²) in [5.41, 5.74) is 5.11. The largest absolute Gasteiger partial charge is 0.468 e. The average molecular weight is 487 g/mol. The van der Waals surface area contributed by atoms with Crippen LogP contribution in [0.3, 0.4) is 0 Å². The molecule has 1 heterocycles. The molecule has 1 saturated heterocycles. The molecule has 3 N–H and O–H groups in total. The van der Waals surface area contributed by atoms with Gasteiger partial charge in [0.2, 0.25) is 15.9 Å². The van der Waals surface area contributed by atoms with Crippen molar-refractivity contribution in [3.05, 3.63) is 65.2 Å². The lowest BCUT2D eigenvalue weighted by molar-refractivity contribution is -0.142. The molecular formula is C23H26N4O6S. The fourth-order valence-corrected chi connectivity index (χ4v) is 4.79. The van der Waals surface area contributed by atoms with Crippen LogP contribution in [-0.2, 0) is 29.2 Å². The summed E-state index contributed by atoms with van der Waals surface area (Å²) in [5, 5.41) is 11.5. The number of sulfonamides is 1. The highest BCUT2D eigenvalue weighted by atomic mass is 32.2. The fourth-order valence-electron chi connectivity index (χ4n) is 3.50. The smallest absolute Gasteiger partial charge is 0.325 e. The first-order valence-electron chi connectivity index (χ1n) is 10.6. The van der Waals surface area contributed by atoms with Gasteiger partial charge in [0.25, 0.3) is 0 Å². The van der Waals surface area contributed by atoms with Gasteiger partial charge in [-0.25, -0.2) is 8.42 Å². The van der Waals surface area contributed by atoms with E-state index in [0.717, 1.165) is 18.2 Å². The number of nitrogens with zero attached hydrogens (tertiary/aromatic N) is 1. The molecule has 0 bridgehead atoms. The lowest BCUT2D eigenvalue weighted by atomic mass is 10.00. The topological polar surface area (TPSA) is 147 Å². The molecule has 0 aliphatic carbocycles. The minimum Gasteiger partial charge on any atom is -0.468 e. The lowest BCUT2D eigenvalue weighted by Crippen LogP contribution is -2.49. The van der Waals surface area contributed by atoms with Crippen molar-refractivity contribution in [3.8, 4) is 6.07 Å². The van der Waals surface area contributed by atoms with E-state index in [9.17, 15) is 18.0 Å². The van der Waals surface area contributed by atoms with Crippen LogP contribution in [0, 0.1) is 18.3 Å². The zero-order chi connectivity index (χ0) is 24.7. The summed E-state index contributed by atoms with van der Waals surface area (Å²) in [5.74, 6) is -1.23. The van der Waals surface area contributed by atoms with Crippen molar-refractivity contribution in [1.29, 1.82) is 5.26 Å². The number of hydrogen-bond donors (Lipinski definition) is 3. The predicted octanol–water partition coefficient (Wildman–Crippen LogP) is 1.23. The van der Waals surface area contributed by atoms with Crippen LogP contribution < -0.4 is 15.5 Å². The molecule has 3 atom stereocenters. The van der Waals surface area contributed by atoms with E-state index < -0.39 is 34.0 Å². The van der Waals surface area contributed by atoms with E-state index in [1.807, 2.05) is 12.1 Å². The van der Waals surface area contributed by atoms with Gasteiger partial charge >= 0.3 is 5.97 Å². The maximum absolute atomic E-state index is 12.7. The van der Waals surface area contributed by atoms with E-state index in [2.05, 4.69) is 21.6 Å². The number of ether oxygens (including phenoxy) is 1. The van der Waals surface area contributed by atoms with Crippen molar-refractivity contribution < 1.29 is 27.6 Å². The molecule has 1 fully saturated rings. The Morgan fingerprint density at radius 1 is 1.26 bits per heavy atom. The van der Waals surface area contributed by atoms with Crippen molar-refractivity contribution in [3.63, 3.8) is 0 Å². The summed E-state index contributed by atoms with van der Waals surface area (Å²) in [6.07, 6.45) is 0.124. The van der Waals surface area contributed by atoms with Crippen LogP contribution in [0.25, 0.3) is 0 Å². The van der Waals surface area contributed by atoms with Crippen LogP contribution in [0.5, 0.6) is 0 Å². The number of amides is 1. The van der Waals surface area contributed by atoms with Gasteiger partial charge in [0, 0.05) is 6.54 Å². The number of hydrogen-bond acceptors (Lipinski definition) is 8. The number of nitriles is 1. The number of rotatable bonds is 9. The van der Waals surface area contributed by atoms with Crippen molar-refractivity contribution >= 4 is 21.9 Å². The maximum Gasteiger partial charge on any atom is 0.325 e. The van der Waals surface area contributed by atoms with E-state index in [4.69, 9.17) is 14.8 Å². The van der Waals surface area contributed by atoms with Gasteiger partial charge in [-0.1, -0.05) is 24.3 Å². The van der Waals surface area contributed by atoms with Gasteiger partial charge < -0.3 is 10.1 Å². The minimum atomic E-state index is -4.01. The molecule has 180 valence electrons. The third-order valence-electron chi connectivity index (χ3n) is 5.32. The van der Waals surface area contributed by atoms with Crippen molar-refractivity contribution in [2.45, 2.75) is 42.8 Å². The monoisotopic (exact) mass is 486 g/mol. The summed E-state index contributed by atoms with van der Waals surface area (Å²) < 4.78 is 32.3. The van der Waals surface area contributed by atoms with Gasteiger partial charge in [0.05, 0.1) is 42.2 Å². The molecule has 1 amide bonds. The van der Waals surface area contributed by atoms with E-state index in [1.165, 1.54) is 12.1 Å². The third-order valence-corrected chi connectivity index (χ3v) is 6.79. The molecule has 3 rings (SSSR count). The summed E-state index contributed by atoms with van der Waals surface area (Å²) in [6, 6.07) is 13.9. The normalized spacial score (nSPS) is 18.6. The minimum absolute atomic E-state index is 0.00649. The Balaban J connectivity index is 1.54. The molecule has 2 aromatic carbocycles. The molecule has 1 aliphatic rings. The van der Waals surface area contributed by atoms with Crippen LogP contribution in [0.1, 0.15) is 35.6 Å². The zero-order valence-corrected chi connectivity index (χ0v) is 19.6. The fraction of sp³-hybridized carbons (Fsp3) is 0.348. The summed E-state index contributed by atoms with van der Waals surface area (Å²) in [7, 11) is -2.87. The van der Waals surface area contributed by atoms with Crippen LogP contribution in [-0.4, -0.2) is 46.1 Å². The SMILES string of the molecule is COC(=O)[C@H](CNC(=O)C[C@H]1CC(c2ccc(C#N)cc2)NO1)NS(=O)(=O)c1cccc(C)c1. The van der Waals surface area contributed by atoms with Gasteiger partial charge in [-0.3, -0.25) is 14.4 Å². The molecule has 0 aromatic heterocycles. The van der Waals surface area contributed by atoms with Crippen LogP contribution in [0.15, 0.2) is 53.4 Å². The number of benzene rings is 2. The molecule has 34 heavy (non-hydrogen) atoms. The van der Waals surface area contributed by atoms with E-state index >= 15 is 0 Å². The second-order valence-corrected chi connectivity index (χ2v) is 9.62. The van der Waals surface area contributed by atoms with E-state index in [-0.39, 0.29) is 23.9 Å². The number of carbonyl (C=O) groups excluding carboxylic acids is 2. The summed E-state index contributed by atoms with van der Waals surface area (Å²) in [4.78, 5) is 30.1. The molecule has 1 aliphatic heterocycles. The quantitative estimate of drug-likeness (QED) is 0.449. The number of nitrogens with one attached hydrogen (secondary N) is 3. The predicted molar refractivity (Wildman–Crippen MR) is 121 cm³/mol. The maximum atomic E-state index is 12.7. The Bertz CT molecular complexity index is 1180. The molecule has 10 nitrogen and oxygen atoms in total. The Morgan fingerprint density at radius 2 is 2.00 bits per heavy atom. The van der Waals surface area contributed by atoms with Crippen LogP contribution >= 0.6 is 0 Å². The van der Waals surface area contributed by atoms with E-state index in [1.54, 1.807) is 31.2 Å². The Kier molecular flexibility index (Phi) is 8.36. The Hall–Kier alpha value is -3.30. The highest BCUT2D eigenvalue weighted by Gasteiger charge is 2.30. The van der Waals surface area contributed by atoms with Crippen molar-refractivity contribution in [2.24, 2.45) is 0 Å². The van der Waals surface area contributed by atoms with Crippen LogP contribution in [0.4, 0.5) is 0 Å². The highest BCUT2D eigenvalue weighted by Crippen LogP contribution is 2.27. The summed E-state index contributed by atoms with van der Waals surface area (Å²) in [6.45, 7) is 1.47. The zero-order valence-electron chi connectivity index (χ0n) is 18.8. The average Bonchev–Trinajstić information content (AvgIpc) is 3.29. The summed E-state index contributed by atoms with van der Waals surface area (Å²) >= 11 is 0. The highest BCUT2D eigenvalue weighted by molar-refractivity contribution is 7.89. The number of esters is 1. The van der Waals surface area contributed by atoms with Gasteiger partial charge in [-0.05, 0) is 48.7 Å². The second-order valence-electron chi connectivity index (χ2n) is 7.90. The van der Waals surface area contributed by atoms with Gasteiger partial charge in [-0.2, -0.15) is 15.5 Å². The molecule has 0 spiro atoms. The van der Waals surface area contributed by atoms with E-state index in [0.29, 0.717) is 12.0 Å². The van der Waals surface area contributed by atoms with Gasteiger partial charge in [0.15, 0.2) is 0 Å². The van der Waals surface area contributed by atoms with Crippen molar-refractivity contribution in [2.75, 3.05) is 13.7 Å². The second kappa shape index (κ2) is 11.2. The number of hydroxylamine groups is 1. The first-order chi connectivity index (χ1) is 16.2. The standard InChI is InChI=1S/C23H26N4O6S/c1-15-4-3-5-19(10-15)34(30,31)27-21(23(29)32-2)14-25-22(28)12-18-11-20(26-33-18)17-8-6-16(13-24)7-9-17/h3-10,18,20-21,26-27H,11-12,14H2,1-2H3,(H,25,28)/t18-,20?,21+/m1/s1. The Morgan fingerprint density at radius 3 is 2.65 bits per heavy atom. The molecule has 11 heteroatoms. The van der Waals surface area contributed by atoms with Gasteiger partial charge in [-0.15, -0.1) is 0 Å². The molecule has 2 aromatic rings. The number of methoxy groups -OCH3 is 1. The molecule has 0 radical (unpaired) electrons.